The molecular formula is C13H10Cl2N2O2. The van der Waals surface area contributed by atoms with Crippen molar-refractivity contribution < 1.29 is 4.92 Å². The van der Waals surface area contributed by atoms with Crippen LogP contribution in [-0.2, 0) is 6.54 Å². The Morgan fingerprint density at radius 2 is 1.84 bits per heavy atom. The van der Waals surface area contributed by atoms with E-state index in [1.165, 1.54) is 6.07 Å². The second-order valence-corrected chi connectivity index (χ2v) is 4.63. The van der Waals surface area contributed by atoms with Gasteiger partial charge in [0, 0.05) is 18.2 Å². The zero-order chi connectivity index (χ0) is 13.8. The second-order valence-electron chi connectivity index (χ2n) is 3.84. The molecule has 19 heavy (non-hydrogen) atoms. The van der Waals surface area contributed by atoms with Crippen LogP contribution in [0.15, 0.2) is 42.5 Å². The van der Waals surface area contributed by atoms with E-state index in [9.17, 15) is 10.1 Å². The van der Waals surface area contributed by atoms with Gasteiger partial charge < -0.3 is 5.32 Å². The lowest BCUT2D eigenvalue weighted by molar-refractivity contribution is -0.385. The Labute approximate surface area is 120 Å². The summed E-state index contributed by atoms with van der Waals surface area (Å²) in [6, 6.07) is 11.8. The largest absolute Gasteiger partial charge is 0.379 e. The van der Waals surface area contributed by atoms with E-state index in [0.717, 1.165) is 0 Å². The molecule has 0 bridgehead atoms. The Morgan fingerprint density at radius 1 is 1.11 bits per heavy atom. The van der Waals surface area contributed by atoms with E-state index in [2.05, 4.69) is 5.32 Å². The lowest BCUT2D eigenvalue weighted by atomic mass is 10.2. The van der Waals surface area contributed by atoms with Crippen LogP contribution in [0.1, 0.15) is 5.56 Å². The predicted molar refractivity (Wildman–Crippen MR) is 76.9 cm³/mol. The molecule has 6 heteroatoms. The van der Waals surface area contributed by atoms with Crippen LogP contribution in [-0.4, -0.2) is 4.92 Å². The molecule has 0 aromatic heterocycles. The van der Waals surface area contributed by atoms with Crippen LogP contribution in [0.5, 0.6) is 0 Å². The van der Waals surface area contributed by atoms with Gasteiger partial charge in [-0.25, -0.2) is 0 Å². The minimum absolute atomic E-state index is 0.0770. The lowest BCUT2D eigenvalue weighted by Crippen LogP contribution is -2.03. The van der Waals surface area contributed by atoms with Crippen LogP contribution in [0.2, 0.25) is 10.0 Å². The van der Waals surface area contributed by atoms with Crippen molar-refractivity contribution in [1.82, 2.24) is 0 Å². The molecule has 2 aromatic rings. The van der Waals surface area contributed by atoms with Crippen molar-refractivity contribution in [2.24, 2.45) is 0 Å². The first-order chi connectivity index (χ1) is 9.09. The van der Waals surface area contributed by atoms with E-state index in [1.54, 1.807) is 36.4 Å². The monoisotopic (exact) mass is 296 g/mol. The van der Waals surface area contributed by atoms with Crippen LogP contribution < -0.4 is 5.32 Å². The highest BCUT2D eigenvalue weighted by Gasteiger charge is 2.12. The molecular weight excluding hydrogens is 287 g/mol. The van der Waals surface area contributed by atoms with Gasteiger partial charge in [-0.3, -0.25) is 10.1 Å². The number of nitro benzene ring substituents is 1. The summed E-state index contributed by atoms with van der Waals surface area (Å²) in [6.45, 7) is 0.303. The van der Waals surface area contributed by atoms with Gasteiger partial charge in [0.2, 0.25) is 0 Å². The highest BCUT2D eigenvalue weighted by Crippen LogP contribution is 2.30. The Balaban J connectivity index is 2.19. The predicted octanol–water partition coefficient (Wildman–Crippen LogP) is 4.51. The minimum atomic E-state index is -0.406. The maximum Gasteiger partial charge on any atom is 0.274 e. The first-order valence-electron chi connectivity index (χ1n) is 5.50. The van der Waals surface area contributed by atoms with Gasteiger partial charge in [0.25, 0.3) is 5.69 Å². The highest BCUT2D eigenvalue weighted by atomic mass is 35.5. The summed E-state index contributed by atoms with van der Waals surface area (Å²) in [5, 5.41) is 14.8. The lowest BCUT2D eigenvalue weighted by Gasteiger charge is -2.09. The number of hydrogen-bond acceptors (Lipinski definition) is 3. The third-order valence-electron chi connectivity index (χ3n) is 2.61. The molecule has 0 saturated carbocycles. The van der Waals surface area contributed by atoms with Crippen LogP contribution >= 0.6 is 23.2 Å². The molecule has 0 saturated heterocycles. The summed E-state index contributed by atoms with van der Waals surface area (Å²) in [5.74, 6) is 0. The fourth-order valence-electron chi connectivity index (χ4n) is 1.67. The Bertz CT molecular complexity index is 617. The van der Waals surface area contributed by atoms with Crippen LogP contribution in [0.25, 0.3) is 0 Å². The number of nitrogens with zero attached hydrogens (tertiary/aromatic N) is 1. The Morgan fingerprint density at radius 3 is 2.58 bits per heavy atom. The first kappa shape index (κ1) is 13.6. The zero-order valence-corrected chi connectivity index (χ0v) is 11.3. The standard InChI is InChI=1S/C13H10Cl2N2O2/c14-10-5-3-6-11(13(10)15)16-8-9-4-1-2-7-12(9)17(18)19/h1-7,16H,8H2. The molecule has 1 N–H and O–H groups in total. The molecule has 0 unspecified atom stereocenters. The fourth-order valence-corrected chi connectivity index (χ4v) is 2.04. The molecule has 0 aliphatic rings. The molecule has 0 spiro atoms. The van der Waals surface area contributed by atoms with Crippen molar-refractivity contribution in [2.45, 2.75) is 6.54 Å². The van der Waals surface area contributed by atoms with Gasteiger partial charge in [-0.15, -0.1) is 0 Å². The molecule has 0 atom stereocenters. The molecule has 2 rings (SSSR count). The molecule has 98 valence electrons. The normalized spacial score (nSPS) is 10.2. The van der Waals surface area contributed by atoms with Gasteiger partial charge in [0.05, 0.1) is 20.7 Å². The maximum absolute atomic E-state index is 10.9. The van der Waals surface area contributed by atoms with E-state index in [-0.39, 0.29) is 5.69 Å². The third-order valence-corrected chi connectivity index (χ3v) is 3.43. The zero-order valence-electron chi connectivity index (χ0n) is 9.77. The summed E-state index contributed by atoms with van der Waals surface area (Å²) in [5.41, 5.74) is 1.31. The quantitative estimate of drug-likeness (QED) is 0.667. The number of para-hydroxylation sites is 1. The number of rotatable bonds is 4. The van der Waals surface area contributed by atoms with Gasteiger partial charge in [-0.2, -0.15) is 0 Å². The Hall–Kier alpha value is -1.78. The second kappa shape index (κ2) is 5.91. The number of nitro groups is 1. The summed E-state index contributed by atoms with van der Waals surface area (Å²) in [4.78, 5) is 10.5. The van der Waals surface area contributed by atoms with Crippen molar-refractivity contribution in [3.8, 4) is 0 Å². The van der Waals surface area contributed by atoms with Crippen LogP contribution in [0.3, 0.4) is 0 Å². The molecule has 0 amide bonds. The molecule has 0 aliphatic heterocycles. The molecule has 4 nitrogen and oxygen atoms in total. The van der Waals surface area contributed by atoms with E-state index in [4.69, 9.17) is 23.2 Å². The minimum Gasteiger partial charge on any atom is -0.379 e. The smallest absolute Gasteiger partial charge is 0.274 e. The number of hydrogen-bond donors (Lipinski definition) is 1. The van der Waals surface area contributed by atoms with Crippen molar-refractivity contribution in [3.63, 3.8) is 0 Å². The summed E-state index contributed by atoms with van der Waals surface area (Å²) >= 11 is 11.9. The van der Waals surface area contributed by atoms with Gasteiger partial charge in [-0.1, -0.05) is 47.5 Å². The van der Waals surface area contributed by atoms with Crippen molar-refractivity contribution in [3.05, 3.63) is 68.2 Å². The van der Waals surface area contributed by atoms with Gasteiger partial charge >= 0.3 is 0 Å². The number of nitrogens with one attached hydrogen (secondary N) is 1. The topological polar surface area (TPSA) is 55.2 Å². The average molecular weight is 297 g/mol. The maximum atomic E-state index is 10.9. The summed E-state index contributed by atoms with van der Waals surface area (Å²) in [7, 11) is 0. The summed E-state index contributed by atoms with van der Waals surface area (Å²) < 4.78 is 0. The first-order valence-corrected chi connectivity index (χ1v) is 6.25. The van der Waals surface area contributed by atoms with Crippen LogP contribution in [0.4, 0.5) is 11.4 Å². The van der Waals surface area contributed by atoms with E-state index in [0.29, 0.717) is 27.8 Å². The number of benzene rings is 2. The number of halogens is 2. The average Bonchev–Trinajstić information content (AvgIpc) is 2.40. The molecule has 0 fully saturated rings. The molecule has 0 radical (unpaired) electrons. The van der Waals surface area contributed by atoms with Crippen molar-refractivity contribution in [1.29, 1.82) is 0 Å². The third kappa shape index (κ3) is 3.16. The summed E-state index contributed by atoms with van der Waals surface area (Å²) in [6.07, 6.45) is 0. The SMILES string of the molecule is O=[N+]([O-])c1ccccc1CNc1cccc(Cl)c1Cl. The van der Waals surface area contributed by atoms with Crippen LogP contribution in [0, 0.1) is 10.1 Å². The van der Waals surface area contributed by atoms with Crippen molar-refractivity contribution in [2.75, 3.05) is 5.32 Å². The number of anilines is 1. The van der Waals surface area contributed by atoms with Gasteiger partial charge in [0.15, 0.2) is 0 Å². The molecule has 2 aromatic carbocycles. The van der Waals surface area contributed by atoms with Gasteiger partial charge in [-0.05, 0) is 12.1 Å². The highest BCUT2D eigenvalue weighted by molar-refractivity contribution is 6.43. The molecule has 0 aliphatic carbocycles. The fraction of sp³-hybridized carbons (Fsp3) is 0.0769. The van der Waals surface area contributed by atoms with E-state index >= 15 is 0 Å². The van der Waals surface area contributed by atoms with E-state index in [1.807, 2.05) is 0 Å². The molecule has 0 heterocycles. The van der Waals surface area contributed by atoms with Gasteiger partial charge in [0.1, 0.15) is 0 Å². The van der Waals surface area contributed by atoms with Crippen molar-refractivity contribution >= 4 is 34.6 Å². The Kier molecular flexibility index (Phi) is 4.24. The van der Waals surface area contributed by atoms with E-state index < -0.39 is 4.92 Å².